The summed E-state index contributed by atoms with van der Waals surface area (Å²) < 4.78 is 18.9. The molecule has 3 aromatic rings. The van der Waals surface area contributed by atoms with Gasteiger partial charge >= 0.3 is 5.97 Å². The Bertz CT molecular complexity index is 1520. The second-order valence-electron chi connectivity index (χ2n) is 7.85. The Labute approximate surface area is 225 Å². The molecule has 1 atom stereocenters. The number of carbonyl (C=O) groups excluding carboxylic acids is 1. The number of carbonyl (C=O) groups is 1. The van der Waals surface area contributed by atoms with Gasteiger partial charge in [0.25, 0.3) is 5.56 Å². The van der Waals surface area contributed by atoms with Gasteiger partial charge in [0, 0.05) is 9.13 Å². The number of hydrogen-bond acceptors (Lipinski definition) is 8. The Hall–Kier alpha value is -3.12. The molecule has 36 heavy (non-hydrogen) atoms. The van der Waals surface area contributed by atoms with Crippen LogP contribution in [0.1, 0.15) is 37.9 Å². The lowest BCUT2D eigenvalue weighted by atomic mass is 9.96. The van der Waals surface area contributed by atoms with Gasteiger partial charge in [-0.25, -0.2) is 9.79 Å². The quantitative estimate of drug-likeness (QED) is 0.321. The average molecular weight is 620 g/mol. The summed E-state index contributed by atoms with van der Waals surface area (Å²) in [6, 6.07) is 10.0. The van der Waals surface area contributed by atoms with Crippen molar-refractivity contribution in [2.24, 2.45) is 4.99 Å². The fraction of sp³-hybridized carbons (Fsp3) is 0.269. The number of phenolic OH excluding ortho intramolecular Hbond substituents is 1. The molecule has 0 spiro atoms. The average Bonchev–Trinajstić information content (AvgIpc) is 3.15. The second-order valence-corrected chi connectivity index (χ2v) is 10.1. The summed E-state index contributed by atoms with van der Waals surface area (Å²) in [6.45, 7) is 6.10. The maximum Gasteiger partial charge on any atom is 0.338 e. The van der Waals surface area contributed by atoms with Gasteiger partial charge in [0.1, 0.15) is 5.75 Å². The molecule has 0 saturated heterocycles. The first-order chi connectivity index (χ1) is 17.3. The lowest BCUT2D eigenvalue weighted by Crippen LogP contribution is -2.39. The smallest absolute Gasteiger partial charge is 0.338 e. The van der Waals surface area contributed by atoms with E-state index in [0.29, 0.717) is 44.3 Å². The highest BCUT2D eigenvalue weighted by molar-refractivity contribution is 14.1. The Morgan fingerprint density at radius 2 is 1.94 bits per heavy atom. The number of phenols is 1. The first-order valence-corrected chi connectivity index (χ1v) is 13.2. The number of methoxy groups -OCH3 is 1. The van der Waals surface area contributed by atoms with Gasteiger partial charge in [0.05, 0.1) is 42.2 Å². The number of esters is 1. The van der Waals surface area contributed by atoms with Crippen LogP contribution in [0.3, 0.4) is 0 Å². The molecule has 0 unspecified atom stereocenters. The first kappa shape index (κ1) is 26.0. The van der Waals surface area contributed by atoms with E-state index >= 15 is 0 Å². The van der Waals surface area contributed by atoms with Crippen molar-refractivity contribution in [3.8, 4) is 17.2 Å². The van der Waals surface area contributed by atoms with E-state index in [2.05, 4.69) is 27.6 Å². The third kappa shape index (κ3) is 4.92. The SMILES string of the molecule is CCOC(=O)C1=C(C)N=c2s/c(=C\c3cc(I)cc(OC)c3O)c(=O)n2[C@@H]1c1ccc(OCC)cc1. The van der Waals surface area contributed by atoms with E-state index in [-0.39, 0.29) is 17.9 Å². The zero-order valence-electron chi connectivity index (χ0n) is 20.2. The van der Waals surface area contributed by atoms with Crippen molar-refractivity contribution >= 4 is 46.0 Å². The summed E-state index contributed by atoms with van der Waals surface area (Å²) in [7, 11) is 1.47. The van der Waals surface area contributed by atoms with Crippen LogP contribution in [0.2, 0.25) is 0 Å². The molecule has 1 aliphatic heterocycles. The maximum atomic E-state index is 13.7. The molecule has 1 N–H and O–H groups in total. The highest BCUT2D eigenvalue weighted by atomic mass is 127. The zero-order chi connectivity index (χ0) is 26.0. The van der Waals surface area contributed by atoms with Crippen LogP contribution in [0, 0.1) is 3.57 Å². The van der Waals surface area contributed by atoms with Crippen LogP contribution in [-0.4, -0.2) is 36.0 Å². The Morgan fingerprint density at radius 1 is 1.22 bits per heavy atom. The molecule has 10 heteroatoms. The number of nitrogens with zero attached hydrogens (tertiary/aromatic N) is 2. The molecule has 8 nitrogen and oxygen atoms in total. The molecule has 4 rings (SSSR count). The van der Waals surface area contributed by atoms with Crippen LogP contribution in [0.5, 0.6) is 17.2 Å². The van der Waals surface area contributed by atoms with Crippen molar-refractivity contribution in [3.63, 3.8) is 0 Å². The van der Waals surface area contributed by atoms with Crippen LogP contribution in [-0.2, 0) is 9.53 Å². The number of fused-ring (bicyclic) bond motifs is 1. The van der Waals surface area contributed by atoms with E-state index < -0.39 is 12.0 Å². The number of hydrogen-bond donors (Lipinski definition) is 1. The van der Waals surface area contributed by atoms with Gasteiger partial charge in [-0.05, 0) is 79.3 Å². The minimum Gasteiger partial charge on any atom is -0.504 e. The van der Waals surface area contributed by atoms with Gasteiger partial charge in [-0.3, -0.25) is 9.36 Å². The summed E-state index contributed by atoms with van der Waals surface area (Å²) in [5, 5.41) is 10.6. The minimum atomic E-state index is -0.725. The van der Waals surface area contributed by atoms with Gasteiger partial charge < -0.3 is 19.3 Å². The van der Waals surface area contributed by atoms with Crippen molar-refractivity contribution in [1.82, 2.24) is 4.57 Å². The third-order valence-electron chi connectivity index (χ3n) is 5.60. The van der Waals surface area contributed by atoms with Crippen molar-refractivity contribution in [2.75, 3.05) is 20.3 Å². The van der Waals surface area contributed by atoms with Crippen LogP contribution < -0.4 is 24.4 Å². The van der Waals surface area contributed by atoms with Gasteiger partial charge in [0.2, 0.25) is 0 Å². The van der Waals surface area contributed by atoms with E-state index in [9.17, 15) is 14.7 Å². The second kappa shape index (κ2) is 10.9. The number of aromatic hydroxyl groups is 1. The summed E-state index contributed by atoms with van der Waals surface area (Å²) in [5.41, 5.74) is 1.63. The fourth-order valence-corrected chi connectivity index (χ4v) is 5.68. The maximum absolute atomic E-state index is 13.7. The van der Waals surface area contributed by atoms with E-state index in [4.69, 9.17) is 14.2 Å². The van der Waals surface area contributed by atoms with Crippen LogP contribution in [0.15, 0.2) is 57.5 Å². The highest BCUT2D eigenvalue weighted by Crippen LogP contribution is 2.33. The molecule has 0 saturated carbocycles. The molecule has 2 heterocycles. The molecular formula is C26H25IN2O6S. The number of aromatic nitrogens is 1. The minimum absolute atomic E-state index is 0.0600. The Balaban J connectivity index is 1.94. The zero-order valence-corrected chi connectivity index (χ0v) is 23.2. The standard InChI is InChI=1S/C26H25IN2O6S/c1-5-34-18-9-7-15(8-10-18)22-21(25(32)35-6-2)14(3)28-26-29(22)24(31)20(36-26)12-16-11-17(27)13-19(33-4)23(16)30/h7-13,22,30H,5-6H2,1-4H3/b20-12-/t22-/m1/s1. The predicted molar refractivity (Wildman–Crippen MR) is 145 cm³/mol. The van der Waals surface area contributed by atoms with Crippen LogP contribution in [0.4, 0.5) is 0 Å². The van der Waals surface area contributed by atoms with Gasteiger partial charge in [0.15, 0.2) is 16.3 Å². The molecule has 0 bridgehead atoms. The number of ether oxygens (including phenoxy) is 3. The molecule has 0 radical (unpaired) electrons. The summed E-state index contributed by atoms with van der Waals surface area (Å²) in [4.78, 5) is 31.8. The molecule has 188 valence electrons. The first-order valence-electron chi connectivity index (χ1n) is 11.3. The van der Waals surface area contributed by atoms with Crippen molar-refractivity contribution in [3.05, 3.63) is 82.1 Å². The fourth-order valence-electron chi connectivity index (χ4n) is 4.02. The topological polar surface area (TPSA) is 99.4 Å². The van der Waals surface area contributed by atoms with Crippen molar-refractivity contribution in [2.45, 2.75) is 26.8 Å². The largest absolute Gasteiger partial charge is 0.504 e. The van der Waals surface area contributed by atoms with E-state index in [1.54, 1.807) is 32.1 Å². The van der Waals surface area contributed by atoms with E-state index in [0.717, 1.165) is 9.13 Å². The predicted octanol–water partition coefficient (Wildman–Crippen LogP) is 3.52. The summed E-state index contributed by atoms with van der Waals surface area (Å²) in [6.07, 6.45) is 1.61. The Morgan fingerprint density at radius 3 is 2.58 bits per heavy atom. The van der Waals surface area contributed by atoms with E-state index in [1.807, 2.05) is 31.2 Å². The lowest BCUT2D eigenvalue weighted by Gasteiger charge is -2.24. The number of rotatable bonds is 7. The van der Waals surface area contributed by atoms with Crippen LogP contribution in [0.25, 0.3) is 6.08 Å². The van der Waals surface area contributed by atoms with Crippen molar-refractivity contribution in [1.29, 1.82) is 0 Å². The molecule has 0 aliphatic carbocycles. The lowest BCUT2D eigenvalue weighted by molar-refractivity contribution is -0.139. The summed E-state index contributed by atoms with van der Waals surface area (Å²) >= 11 is 3.31. The molecular weight excluding hydrogens is 595 g/mol. The van der Waals surface area contributed by atoms with Crippen LogP contribution >= 0.6 is 33.9 Å². The molecule has 1 aliphatic rings. The van der Waals surface area contributed by atoms with Gasteiger partial charge in [-0.15, -0.1) is 0 Å². The highest BCUT2D eigenvalue weighted by Gasteiger charge is 2.33. The Kier molecular flexibility index (Phi) is 7.84. The molecule has 0 fully saturated rings. The number of halogens is 1. The number of allylic oxidation sites excluding steroid dienone is 1. The number of thiazole rings is 1. The third-order valence-corrected chi connectivity index (χ3v) is 7.21. The van der Waals surface area contributed by atoms with Gasteiger partial charge in [-0.1, -0.05) is 23.5 Å². The molecule has 2 aromatic carbocycles. The normalized spacial score (nSPS) is 15.4. The van der Waals surface area contributed by atoms with Gasteiger partial charge in [-0.2, -0.15) is 0 Å². The monoisotopic (exact) mass is 620 g/mol. The molecule has 0 amide bonds. The summed E-state index contributed by atoms with van der Waals surface area (Å²) in [5.74, 6) is 0.422. The van der Waals surface area contributed by atoms with E-state index in [1.165, 1.54) is 23.0 Å². The van der Waals surface area contributed by atoms with Crippen molar-refractivity contribution < 1.29 is 24.1 Å². The number of benzene rings is 2. The molecule has 1 aromatic heterocycles.